The van der Waals surface area contributed by atoms with E-state index >= 15 is 0 Å². The Hall–Kier alpha value is -3.33. The molecule has 0 atom stereocenters. The van der Waals surface area contributed by atoms with Crippen LogP contribution in [0, 0.1) is 0 Å². The molecule has 1 aromatic carbocycles. The Kier molecular flexibility index (Phi) is 3.50. The van der Waals surface area contributed by atoms with E-state index in [-0.39, 0.29) is 21.7 Å². The van der Waals surface area contributed by atoms with Gasteiger partial charge in [-0.1, -0.05) is 24.3 Å². The molecule has 1 aliphatic carbocycles. The van der Waals surface area contributed by atoms with Crippen LogP contribution >= 0.6 is 0 Å². The van der Waals surface area contributed by atoms with E-state index in [1.165, 1.54) is 10.8 Å². The number of para-hydroxylation sites is 2. The van der Waals surface area contributed by atoms with E-state index in [0.717, 1.165) is 30.3 Å². The number of hydrogen-bond acceptors (Lipinski definition) is 6. The first-order valence-electron chi connectivity index (χ1n) is 8.71. The van der Waals surface area contributed by atoms with Crippen molar-refractivity contribution >= 4 is 43.4 Å². The van der Waals surface area contributed by atoms with Gasteiger partial charge in [0.2, 0.25) is 20.8 Å². The minimum absolute atomic E-state index is 0.223. The molecule has 8 nitrogen and oxygen atoms in total. The predicted molar refractivity (Wildman–Crippen MR) is 106 cm³/mol. The van der Waals surface area contributed by atoms with E-state index in [4.69, 9.17) is 0 Å². The summed E-state index contributed by atoms with van der Waals surface area (Å²) in [6.07, 6.45) is 9.94. The number of allylic oxidation sites excluding steroid dienone is 4. The Balaban J connectivity index is 2.05. The van der Waals surface area contributed by atoms with Crippen molar-refractivity contribution < 1.29 is 8.42 Å². The number of sulfone groups is 1. The van der Waals surface area contributed by atoms with E-state index < -0.39 is 9.84 Å². The summed E-state index contributed by atoms with van der Waals surface area (Å²) >= 11 is 0. The average molecular weight is 393 g/mol. The Bertz CT molecular complexity index is 1510. The predicted octanol–water partition coefficient (Wildman–Crippen LogP) is 2.19. The Morgan fingerprint density at radius 1 is 1.11 bits per heavy atom. The third-order valence-electron chi connectivity index (χ3n) is 4.70. The Morgan fingerprint density at radius 2 is 1.93 bits per heavy atom. The van der Waals surface area contributed by atoms with Gasteiger partial charge >= 0.3 is 0 Å². The van der Waals surface area contributed by atoms with Crippen LogP contribution in [0.5, 0.6) is 0 Å². The summed E-state index contributed by atoms with van der Waals surface area (Å²) in [6.45, 7) is 0. The third-order valence-corrected chi connectivity index (χ3v) is 5.56. The summed E-state index contributed by atoms with van der Waals surface area (Å²) in [5.74, 6) is 0.384. The molecule has 5 rings (SSSR count). The lowest BCUT2D eigenvalue weighted by molar-refractivity contribution is 0.593. The van der Waals surface area contributed by atoms with Crippen molar-refractivity contribution in [2.75, 3.05) is 6.26 Å². The topological polar surface area (TPSA) is 99.2 Å². The van der Waals surface area contributed by atoms with Crippen molar-refractivity contribution in [1.29, 1.82) is 0 Å². The van der Waals surface area contributed by atoms with Crippen LogP contribution in [0.25, 0.3) is 33.5 Å². The first-order chi connectivity index (χ1) is 13.4. The second-order valence-corrected chi connectivity index (χ2v) is 8.56. The van der Waals surface area contributed by atoms with E-state index in [9.17, 15) is 13.2 Å². The standard InChI is InChI=1S/C19H15N5O3S/c1-28(26,27)18-20-11-13-16(22-18)24-15-10-6-5-9-14(15)21-19(24)23(17(13)25)12-7-3-2-4-8-12/h3,5-11H,2,4H2,1H3. The molecular weight excluding hydrogens is 378 g/mol. The molecule has 9 heteroatoms. The van der Waals surface area contributed by atoms with Crippen molar-refractivity contribution in [1.82, 2.24) is 23.9 Å². The zero-order valence-electron chi connectivity index (χ0n) is 14.9. The van der Waals surface area contributed by atoms with Gasteiger partial charge in [0.25, 0.3) is 5.56 Å². The number of fused-ring (bicyclic) bond motifs is 5. The minimum Gasteiger partial charge on any atom is -0.268 e. The zero-order chi connectivity index (χ0) is 19.5. The lowest BCUT2D eigenvalue weighted by Gasteiger charge is -2.13. The highest BCUT2D eigenvalue weighted by molar-refractivity contribution is 7.90. The first kappa shape index (κ1) is 16.8. The third kappa shape index (κ3) is 2.40. The second kappa shape index (κ2) is 5.83. The fourth-order valence-electron chi connectivity index (χ4n) is 3.44. The van der Waals surface area contributed by atoms with E-state index in [0.29, 0.717) is 11.3 Å². The molecule has 0 saturated heterocycles. The van der Waals surface area contributed by atoms with Gasteiger partial charge < -0.3 is 0 Å². The van der Waals surface area contributed by atoms with Gasteiger partial charge in [0.15, 0.2) is 5.65 Å². The van der Waals surface area contributed by atoms with Crippen molar-refractivity contribution in [2.45, 2.75) is 18.0 Å². The fraction of sp³-hybridized carbons (Fsp3) is 0.158. The van der Waals surface area contributed by atoms with Gasteiger partial charge in [-0.05, 0) is 31.1 Å². The number of rotatable bonds is 2. The highest BCUT2D eigenvalue weighted by atomic mass is 32.2. The molecule has 3 aromatic heterocycles. The molecule has 0 saturated carbocycles. The number of hydrogen-bond donors (Lipinski definition) is 0. The highest BCUT2D eigenvalue weighted by Gasteiger charge is 2.21. The maximum atomic E-state index is 13.3. The van der Waals surface area contributed by atoms with Crippen LogP contribution < -0.4 is 5.56 Å². The molecule has 0 unspecified atom stereocenters. The van der Waals surface area contributed by atoms with Crippen LogP contribution in [0.3, 0.4) is 0 Å². The largest absolute Gasteiger partial charge is 0.270 e. The highest BCUT2D eigenvalue weighted by Crippen LogP contribution is 2.24. The molecule has 0 amide bonds. The van der Waals surface area contributed by atoms with Crippen LogP contribution in [0.4, 0.5) is 0 Å². The molecule has 0 N–H and O–H groups in total. The van der Waals surface area contributed by atoms with E-state index in [1.807, 2.05) is 42.5 Å². The number of benzene rings is 1. The number of aromatic nitrogens is 5. The maximum Gasteiger partial charge on any atom is 0.270 e. The SMILES string of the molecule is CS(=O)(=O)c1ncc2c(=O)n(C3=CCCC=C3)c3nc4ccccc4n3c2n1. The van der Waals surface area contributed by atoms with Crippen LogP contribution in [-0.2, 0) is 9.84 Å². The lowest BCUT2D eigenvalue weighted by Crippen LogP contribution is -2.24. The molecule has 0 spiro atoms. The van der Waals surface area contributed by atoms with Crippen LogP contribution in [-0.4, -0.2) is 38.6 Å². The van der Waals surface area contributed by atoms with Gasteiger partial charge in [0, 0.05) is 18.1 Å². The monoisotopic (exact) mass is 393 g/mol. The summed E-state index contributed by atoms with van der Waals surface area (Å²) in [6, 6.07) is 7.41. The Morgan fingerprint density at radius 3 is 2.68 bits per heavy atom. The first-order valence-corrected chi connectivity index (χ1v) is 10.6. The molecular formula is C19H15N5O3S. The van der Waals surface area contributed by atoms with Gasteiger partial charge in [-0.3, -0.25) is 9.20 Å². The molecule has 0 bridgehead atoms. The Labute approximate surface area is 159 Å². The van der Waals surface area contributed by atoms with Gasteiger partial charge in [-0.2, -0.15) is 4.98 Å². The number of nitrogens with zero attached hydrogens (tertiary/aromatic N) is 5. The quantitative estimate of drug-likeness (QED) is 0.484. The molecule has 3 heterocycles. The van der Waals surface area contributed by atoms with Crippen molar-refractivity contribution in [3.8, 4) is 0 Å². The molecule has 140 valence electrons. The van der Waals surface area contributed by atoms with Crippen LogP contribution in [0.15, 0.2) is 58.6 Å². The lowest BCUT2D eigenvalue weighted by atomic mass is 10.1. The average Bonchev–Trinajstić information content (AvgIpc) is 3.07. The van der Waals surface area contributed by atoms with Crippen molar-refractivity contribution in [3.63, 3.8) is 0 Å². The fourth-order valence-corrected chi connectivity index (χ4v) is 3.94. The maximum absolute atomic E-state index is 13.3. The minimum atomic E-state index is -3.63. The molecule has 1 aliphatic rings. The zero-order valence-corrected chi connectivity index (χ0v) is 15.7. The summed E-state index contributed by atoms with van der Waals surface area (Å²) < 4.78 is 27.2. The molecule has 0 radical (unpaired) electrons. The molecule has 0 aliphatic heterocycles. The van der Waals surface area contributed by atoms with Gasteiger partial charge in [0.05, 0.1) is 11.0 Å². The second-order valence-electron chi connectivity index (χ2n) is 6.65. The van der Waals surface area contributed by atoms with E-state index in [1.54, 1.807) is 4.40 Å². The number of imidazole rings is 1. The summed E-state index contributed by atoms with van der Waals surface area (Å²) in [5.41, 5.74) is 2.03. The summed E-state index contributed by atoms with van der Waals surface area (Å²) in [4.78, 5) is 26.0. The van der Waals surface area contributed by atoms with E-state index in [2.05, 4.69) is 15.0 Å². The molecule has 28 heavy (non-hydrogen) atoms. The normalized spacial score (nSPS) is 14.8. The smallest absolute Gasteiger partial charge is 0.268 e. The summed E-state index contributed by atoms with van der Waals surface area (Å²) in [7, 11) is -3.63. The van der Waals surface area contributed by atoms with Gasteiger partial charge in [-0.25, -0.2) is 23.0 Å². The van der Waals surface area contributed by atoms with Crippen molar-refractivity contribution in [2.24, 2.45) is 0 Å². The molecule has 4 aromatic rings. The van der Waals surface area contributed by atoms with Crippen LogP contribution in [0.1, 0.15) is 12.8 Å². The summed E-state index contributed by atoms with van der Waals surface area (Å²) in [5, 5.41) is -0.101. The van der Waals surface area contributed by atoms with Gasteiger partial charge in [0.1, 0.15) is 5.39 Å². The van der Waals surface area contributed by atoms with Crippen LogP contribution in [0.2, 0.25) is 0 Å². The van der Waals surface area contributed by atoms with Crippen molar-refractivity contribution in [3.05, 3.63) is 59.0 Å². The van der Waals surface area contributed by atoms with Gasteiger partial charge in [-0.15, -0.1) is 0 Å². The molecule has 0 fully saturated rings.